The van der Waals surface area contributed by atoms with Gasteiger partial charge in [0.25, 0.3) is 0 Å². The highest BCUT2D eigenvalue weighted by Crippen LogP contribution is 2.68. The molecule has 1 saturated heterocycles. The number of fused-ring (bicyclic) bond motifs is 1. The summed E-state index contributed by atoms with van der Waals surface area (Å²) in [5.41, 5.74) is 4.08. The third-order valence-electron chi connectivity index (χ3n) is 5.75. The summed E-state index contributed by atoms with van der Waals surface area (Å²) in [7, 11) is 0. The summed E-state index contributed by atoms with van der Waals surface area (Å²) < 4.78 is 2.17. The highest BCUT2D eigenvalue weighted by atomic mass is 35.5. The van der Waals surface area contributed by atoms with E-state index in [4.69, 9.17) is 23.2 Å². The van der Waals surface area contributed by atoms with Crippen molar-refractivity contribution in [2.45, 2.75) is 38.6 Å². The first-order chi connectivity index (χ1) is 11.0. The average molecular weight is 350 g/mol. The number of halogens is 2. The smallest absolute Gasteiger partial charge is 0.0596 e. The Balaban J connectivity index is 1.70. The summed E-state index contributed by atoms with van der Waals surface area (Å²) in [5.74, 6) is 0. The molecule has 2 heterocycles. The van der Waals surface area contributed by atoms with Gasteiger partial charge in [-0.05, 0) is 57.0 Å². The van der Waals surface area contributed by atoms with Gasteiger partial charge in [-0.25, -0.2) is 0 Å². The van der Waals surface area contributed by atoms with Crippen molar-refractivity contribution in [1.82, 2.24) is 15.1 Å². The van der Waals surface area contributed by atoms with Crippen molar-refractivity contribution in [3.8, 4) is 0 Å². The number of nitrogens with zero attached hydrogens (tertiary/aromatic N) is 2. The molecule has 1 N–H and O–H groups in total. The molecule has 3 nitrogen and oxygen atoms in total. The number of hydrogen-bond donors (Lipinski definition) is 1. The number of aromatic nitrogens is 2. The lowest BCUT2D eigenvalue weighted by Crippen LogP contribution is -2.41. The maximum Gasteiger partial charge on any atom is 0.0596 e. The van der Waals surface area contributed by atoms with Crippen LogP contribution in [0.1, 0.15) is 29.8 Å². The van der Waals surface area contributed by atoms with E-state index >= 15 is 0 Å². The second kappa shape index (κ2) is 5.23. The maximum atomic E-state index is 6.28. The number of benzene rings is 1. The molecule has 0 amide bonds. The highest BCUT2D eigenvalue weighted by molar-refractivity contribution is 6.42. The van der Waals surface area contributed by atoms with Crippen LogP contribution in [0.5, 0.6) is 0 Å². The molecule has 1 saturated carbocycles. The van der Waals surface area contributed by atoms with E-state index in [1.54, 1.807) is 0 Å². The number of nitrogens with one attached hydrogen (secondary N) is 1. The average Bonchev–Trinajstić information content (AvgIpc) is 3.09. The maximum absolute atomic E-state index is 6.28. The molecule has 1 aromatic heterocycles. The third kappa shape index (κ3) is 2.33. The van der Waals surface area contributed by atoms with Crippen LogP contribution >= 0.6 is 23.2 Å². The molecule has 2 aliphatic rings. The van der Waals surface area contributed by atoms with E-state index in [2.05, 4.69) is 47.1 Å². The Labute approximate surface area is 147 Å². The Bertz CT molecular complexity index is 770. The largest absolute Gasteiger partial charge is 0.316 e. The summed E-state index contributed by atoms with van der Waals surface area (Å²) in [6.07, 6.45) is 2.33. The van der Waals surface area contributed by atoms with Gasteiger partial charge in [0.1, 0.15) is 0 Å². The van der Waals surface area contributed by atoms with Gasteiger partial charge in [-0.15, -0.1) is 0 Å². The van der Waals surface area contributed by atoms with Crippen LogP contribution in [-0.2, 0) is 12.0 Å². The van der Waals surface area contributed by atoms with Crippen molar-refractivity contribution in [2.75, 3.05) is 13.1 Å². The van der Waals surface area contributed by atoms with E-state index in [0.717, 1.165) is 31.7 Å². The Morgan fingerprint density at radius 1 is 1.22 bits per heavy atom. The van der Waals surface area contributed by atoms with E-state index < -0.39 is 0 Å². The second-order valence-electron chi connectivity index (χ2n) is 7.18. The van der Waals surface area contributed by atoms with Crippen LogP contribution in [0.3, 0.4) is 0 Å². The minimum atomic E-state index is 0.207. The predicted octanol–water partition coefficient (Wildman–Crippen LogP) is 4.13. The molecule has 1 aliphatic heterocycles. The van der Waals surface area contributed by atoms with Crippen LogP contribution in [0.4, 0.5) is 0 Å². The lowest BCUT2D eigenvalue weighted by Gasteiger charge is -2.32. The molecule has 2 fully saturated rings. The lowest BCUT2D eigenvalue weighted by molar-refractivity contribution is 0.273. The number of hydrogen-bond acceptors (Lipinski definition) is 2. The Hall–Kier alpha value is -1.03. The summed E-state index contributed by atoms with van der Waals surface area (Å²) >= 11 is 12.4. The Kier molecular flexibility index (Phi) is 3.53. The van der Waals surface area contributed by atoms with Crippen LogP contribution < -0.4 is 5.32 Å². The van der Waals surface area contributed by atoms with Crippen molar-refractivity contribution < 1.29 is 0 Å². The monoisotopic (exact) mass is 349 g/mol. The van der Waals surface area contributed by atoms with E-state index in [1.165, 1.54) is 17.7 Å². The standard InChI is InChI=1S/C18H21Cl2N3/c1-12-7-13(2)23(22-12)11-17-9-18(17,5-6-21-10-17)14-3-4-15(19)16(20)8-14/h3-4,7-8,21H,5-6,9-11H2,1-2H3/t17-,18-/m1/s1. The topological polar surface area (TPSA) is 29.9 Å². The van der Waals surface area contributed by atoms with Crippen molar-refractivity contribution in [2.24, 2.45) is 5.41 Å². The van der Waals surface area contributed by atoms with Crippen molar-refractivity contribution in [1.29, 1.82) is 0 Å². The molecule has 5 heteroatoms. The SMILES string of the molecule is Cc1cc(C)n(C[C@@]23CNCC[C@]2(c2ccc(Cl)c(Cl)c2)C3)n1. The van der Waals surface area contributed by atoms with Gasteiger partial charge in [0.05, 0.1) is 15.7 Å². The zero-order valence-corrected chi connectivity index (χ0v) is 15.0. The zero-order valence-electron chi connectivity index (χ0n) is 13.5. The molecule has 2 aromatic rings. The van der Waals surface area contributed by atoms with Crippen molar-refractivity contribution >= 4 is 23.2 Å². The fourth-order valence-corrected chi connectivity index (χ4v) is 4.78. The first-order valence-electron chi connectivity index (χ1n) is 8.13. The number of piperidine rings is 1. The Morgan fingerprint density at radius 3 is 2.74 bits per heavy atom. The zero-order chi connectivity index (χ0) is 16.2. The predicted molar refractivity (Wildman–Crippen MR) is 94.4 cm³/mol. The second-order valence-corrected chi connectivity index (χ2v) is 7.99. The van der Waals surface area contributed by atoms with Crippen molar-refractivity contribution in [3.63, 3.8) is 0 Å². The van der Waals surface area contributed by atoms with Gasteiger partial charge in [0, 0.05) is 29.6 Å². The first-order valence-corrected chi connectivity index (χ1v) is 8.89. The summed E-state index contributed by atoms with van der Waals surface area (Å²) in [5, 5.41) is 9.54. The van der Waals surface area contributed by atoms with Crippen LogP contribution in [0, 0.1) is 19.3 Å². The summed E-state index contributed by atoms with van der Waals surface area (Å²) in [6.45, 7) is 7.24. The molecule has 122 valence electrons. The van der Waals surface area contributed by atoms with Gasteiger partial charge >= 0.3 is 0 Å². The molecule has 1 aliphatic carbocycles. The van der Waals surface area contributed by atoms with Gasteiger partial charge in [-0.3, -0.25) is 4.68 Å². The highest BCUT2D eigenvalue weighted by Gasteiger charge is 2.68. The lowest BCUT2D eigenvalue weighted by atomic mass is 9.81. The molecule has 0 bridgehead atoms. The van der Waals surface area contributed by atoms with Crippen LogP contribution in [0.25, 0.3) is 0 Å². The molecule has 1 aromatic carbocycles. The van der Waals surface area contributed by atoms with Crippen molar-refractivity contribution in [3.05, 3.63) is 51.3 Å². The van der Waals surface area contributed by atoms with E-state index in [0.29, 0.717) is 10.0 Å². The normalized spacial score (nSPS) is 29.4. The molecule has 0 spiro atoms. The fourth-order valence-electron chi connectivity index (χ4n) is 4.48. The molecule has 0 unspecified atom stereocenters. The Morgan fingerprint density at radius 2 is 2.04 bits per heavy atom. The molecule has 0 radical (unpaired) electrons. The minimum Gasteiger partial charge on any atom is -0.316 e. The molecular formula is C18H21Cl2N3. The van der Waals surface area contributed by atoms with Gasteiger partial charge < -0.3 is 5.32 Å². The summed E-state index contributed by atoms with van der Waals surface area (Å²) in [4.78, 5) is 0. The number of aryl methyl sites for hydroxylation is 2. The fraction of sp³-hybridized carbons (Fsp3) is 0.500. The van der Waals surface area contributed by atoms with Crippen LogP contribution in [-0.4, -0.2) is 22.9 Å². The first kappa shape index (κ1) is 15.5. The van der Waals surface area contributed by atoms with Gasteiger partial charge in [0.2, 0.25) is 0 Å². The quantitative estimate of drug-likeness (QED) is 0.902. The van der Waals surface area contributed by atoms with E-state index in [1.807, 2.05) is 6.07 Å². The van der Waals surface area contributed by atoms with E-state index in [-0.39, 0.29) is 10.8 Å². The molecule has 4 rings (SSSR count). The molecule has 2 atom stereocenters. The van der Waals surface area contributed by atoms with Gasteiger partial charge in [-0.1, -0.05) is 29.3 Å². The molecular weight excluding hydrogens is 329 g/mol. The summed E-state index contributed by atoms with van der Waals surface area (Å²) in [6, 6.07) is 8.30. The third-order valence-corrected chi connectivity index (χ3v) is 6.49. The van der Waals surface area contributed by atoms with Crippen LogP contribution in [0.15, 0.2) is 24.3 Å². The van der Waals surface area contributed by atoms with E-state index in [9.17, 15) is 0 Å². The van der Waals surface area contributed by atoms with Crippen LogP contribution in [0.2, 0.25) is 10.0 Å². The van der Waals surface area contributed by atoms with Gasteiger partial charge in [-0.2, -0.15) is 5.10 Å². The minimum absolute atomic E-state index is 0.207. The van der Waals surface area contributed by atoms with Gasteiger partial charge in [0.15, 0.2) is 0 Å². The molecule has 23 heavy (non-hydrogen) atoms. The number of rotatable bonds is 3.